The molecule has 0 aromatic carbocycles. The molecule has 0 radical (unpaired) electrons. The minimum absolute atomic E-state index is 0.624. The van der Waals surface area contributed by atoms with E-state index in [0.29, 0.717) is 6.90 Å². The maximum atomic E-state index is 7.12. The summed E-state index contributed by atoms with van der Waals surface area (Å²) in [6.07, 6.45) is 31.5. The van der Waals surface area contributed by atoms with Gasteiger partial charge in [0.1, 0.15) is 0 Å². The Morgan fingerprint density at radius 2 is 0.542 bits per heavy atom. The van der Waals surface area contributed by atoms with Crippen LogP contribution in [0.1, 0.15) is 156 Å². The van der Waals surface area contributed by atoms with Gasteiger partial charge in [0.05, 0.1) is 0 Å². The molecule has 24 heavy (non-hydrogen) atoms. The predicted molar refractivity (Wildman–Crippen MR) is 113 cm³/mol. The van der Waals surface area contributed by atoms with E-state index in [9.17, 15) is 0 Å². The maximum Gasteiger partial charge on any atom is 0.0230 e. The maximum absolute atomic E-state index is 7.12. The van der Waals surface area contributed by atoms with E-state index in [4.69, 9.17) is 1.37 Å². The van der Waals surface area contributed by atoms with Crippen molar-refractivity contribution >= 4 is 0 Å². The highest BCUT2D eigenvalue weighted by molar-refractivity contribution is 4.50. The van der Waals surface area contributed by atoms with Crippen LogP contribution in [0.25, 0.3) is 0 Å². The third-order valence-corrected chi connectivity index (χ3v) is 5.35. The van der Waals surface area contributed by atoms with Gasteiger partial charge in [-0.3, -0.25) is 0 Å². The Bertz CT molecular complexity index is 192. The second-order valence-corrected chi connectivity index (χ2v) is 7.92. The van der Waals surface area contributed by atoms with E-state index in [1.807, 2.05) is 0 Å². The van der Waals surface area contributed by atoms with Crippen molar-refractivity contribution in [1.82, 2.24) is 0 Å². The number of hydrogen-bond acceptors (Lipinski definition) is 0. The van der Waals surface area contributed by atoms with Gasteiger partial charge in [-0.2, -0.15) is 0 Å². The molecule has 0 N–H and O–H groups in total. The van der Waals surface area contributed by atoms with Crippen LogP contribution in [-0.4, -0.2) is 0 Å². The number of unbranched alkanes of at least 4 members (excludes halogenated alkanes) is 21. The van der Waals surface area contributed by atoms with Gasteiger partial charge in [-0.15, -0.1) is 0 Å². The summed E-state index contributed by atoms with van der Waals surface area (Å²) in [5.41, 5.74) is 0. The lowest BCUT2D eigenvalue weighted by Crippen LogP contribution is -1.84. The highest BCUT2D eigenvalue weighted by atomic mass is 14.0. The molecule has 0 saturated carbocycles. The van der Waals surface area contributed by atoms with Crippen LogP contribution in [-0.2, 0) is 0 Å². The molecule has 0 heteroatoms. The fraction of sp³-hybridized carbons (Fsp3) is 1.00. The van der Waals surface area contributed by atoms with Crippen LogP contribution in [0.4, 0.5) is 0 Å². The molecule has 0 spiro atoms. The molecule has 0 aliphatic carbocycles. The third-order valence-electron chi connectivity index (χ3n) is 5.35. The Balaban J connectivity index is 2.94. The Morgan fingerprint density at radius 1 is 0.333 bits per heavy atom. The minimum Gasteiger partial charge on any atom is -0.0654 e. The molecule has 0 atom stereocenters. The summed E-state index contributed by atoms with van der Waals surface area (Å²) in [5, 5.41) is 0. The summed E-state index contributed by atoms with van der Waals surface area (Å²) in [5.74, 6) is 0. The van der Waals surface area contributed by atoms with Gasteiger partial charge in [0.15, 0.2) is 0 Å². The molecule has 0 bridgehead atoms. The van der Waals surface area contributed by atoms with Gasteiger partial charge in [0, 0.05) is 1.37 Å². The molecule has 0 aromatic rings. The first-order valence-corrected chi connectivity index (χ1v) is 11.7. The average Bonchev–Trinajstić information content (AvgIpc) is 2.63. The van der Waals surface area contributed by atoms with Crippen molar-refractivity contribution in [3.05, 3.63) is 0 Å². The van der Waals surface area contributed by atoms with Gasteiger partial charge in [0.2, 0.25) is 0 Å². The zero-order valence-corrected chi connectivity index (χ0v) is 17.3. The summed E-state index contributed by atoms with van der Waals surface area (Å²) in [6, 6.07) is 0. The van der Waals surface area contributed by atoms with E-state index in [-0.39, 0.29) is 0 Å². The van der Waals surface area contributed by atoms with Crippen molar-refractivity contribution in [2.75, 3.05) is 0 Å². The molecule has 146 valence electrons. The van der Waals surface area contributed by atoms with E-state index in [0.717, 1.165) is 6.42 Å². The first-order chi connectivity index (χ1) is 12.4. The number of hydrogen-bond donors (Lipinski definition) is 0. The average molecular weight is 340 g/mol. The van der Waals surface area contributed by atoms with E-state index < -0.39 is 0 Å². The monoisotopic (exact) mass is 339 g/mol. The summed E-state index contributed by atoms with van der Waals surface area (Å²) < 4.78 is 7.12. The van der Waals surface area contributed by atoms with Crippen molar-refractivity contribution in [2.24, 2.45) is 0 Å². The Labute approximate surface area is 157 Å². The Hall–Kier alpha value is 0. The fourth-order valence-corrected chi connectivity index (χ4v) is 3.61. The molecule has 0 rings (SSSR count). The third kappa shape index (κ3) is 22.0. The highest BCUT2D eigenvalue weighted by Crippen LogP contribution is 2.15. The Morgan fingerprint density at radius 3 is 0.750 bits per heavy atom. The summed E-state index contributed by atoms with van der Waals surface area (Å²) in [6.45, 7) is 2.92. The van der Waals surface area contributed by atoms with E-state index in [1.54, 1.807) is 0 Å². The molecule has 0 amide bonds. The van der Waals surface area contributed by atoms with Crippen molar-refractivity contribution in [1.29, 1.82) is 0 Å². The minimum atomic E-state index is 0.624. The quantitative estimate of drug-likeness (QED) is 0.183. The fourth-order valence-electron chi connectivity index (χ4n) is 3.61. The molecule has 0 unspecified atom stereocenters. The lowest BCUT2D eigenvalue weighted by Gasteiger charge is -2.04. The summed E-state index contributed by atoms with van der Waals surface area (Å²) >= 11 is 0. The summed E-state index contributed by atoms with van der Waals surface area (Å²) in [4.78, 5) is 0. The Kier molecular flexibility index (Phi) is 21.1. The smallest absolute Gasteiger partial charge is 0.0230 e. The zero-order valence-electron chi connectivity index (χ0n) is 18.3. The molecule has 0 aliphatic rings. The van der Waals surface area contributed by atoms with Gasteiger partial charge >= 0.3 is 0 Å². The van der Waals surface area contributed by atoms with Crippen LogP contribution >= 0.6 is 0 Å². The normalized spacial score (nSPS) is 11.8. The first kappa shape index (κ1) is 22.0. The van der Waals surface area contributed by atoms with Gasteiger partial charge in [-0.1, -0.05) is 155 Å². The second kappa shape index (κ2) is 23.0. The first-order valence-electron chi connectivity index (χ1n) is 12.4. The van der Waals surface area contributed by atoms with Gasteiger partial charge in [0.25, 0.3) is 0 Å². The highest BCUT2D eigenvalue weighted by Gasteiger charge is 1.95. The predicted octanol–water partition coefficient (Wildman–Crippen LogP) is 9.61. The van der Waals surface area contributed by atoms with E-state index in [1.165, 1.54) is 135 Å². The largest absolute Gasteiger partial charge is 0.0654 e. The van der Waals surface area contributed by atoms with Crippen molar-refractivity contribution in [3.8, 4) is 0 Å². The molecule has 0 nitrogen and oxygen atoms in total. The van der Waals surface area contributed by atoms with Crippen LogP contribution in [0.2, 0.25) is 0 Å². The lowest BCUT2D eigenvalue weighted by atomic mass is 10.0. The van der Waals surface area contributed by atoms with Gasteiger partial charge < -0.3 is 0 Å². The lowest BCUT2D eigenvalue weighted by molar-refractivity contribution is 0.520. The molecule has 0 aromatic heterocycles. The molecule has 0 fully saturated rings. The number of rotatable bonds is 21. The molecule has 0 saturated heterocycles. The second-order valence-electron chi connectivity index (χ2n) is 7.92. The molecular formula is C24H50. The van der Waals surface area contributed by atoms with Crippen LogP contribution in [0, 0.1) is 0 Å². The van der Waals surface area contributed by atoms with Crippen molar-refractivity contribution in [2.45, 2.75) is 155 Å². The molecule has 0 heterocycles. The van der Waals surface area contributed by atoms with E-state index >= 15 is 0 Å². The van der Waals surface area contributed by atoms with E-state index in [2.05, 4.69) is 6.92 Å². The van der Waals surface area contributed by atoms with Crippen LogP contribution in [0.15, 0.2) is 0 Å². The van der Waals surface area contributed by atoms with Gasteiger partial charge in [-0.05, 0) is 0 Å². The van der Waals surface area contributed by atoms with Crippen molar-refractivity contribution in [3.63, 3.8) is 0 Å². The standard InChI is InChI=1S/C24H50/c1-3-5-7-9-11-13-15-17-19-21-23-24-22-20-18-16-14-12-10-8-6-4-2/h3-24H2,1-2H3/i1D. The van der Waals surface area contributed by atoms with Crippen LogP contribution < -0.4 is 0 Å². The zero-order chi connectivity index (χ0) is 18.3. The van der Waals surface area contributed by atoms with Crippen molar-refractivity contribution < 1.29 is 1.37 Å². The molecule has 0 aliphatic heterocycles. The SMILES string of the molecule is [2H]CCCCCCCCCCCCCCCCCCCCCCCC. The van der Waals surface area contributed by atoms with Crippen LogP contribution in [0.5, 0.6) is 0 Å². The topological polar surface area (TPSA) is 0 Å². The molecular weight excluding hydrogens is 288 g/mol. The van der Waals surface area contributed by atoms with Gasteiger partial charge in [-0.25, -0.2) is 0 Å². The van der Waals surface area contributed by atoms with Crippen LogP contribution in [0.3, 0.4) is 0 Å². The summed E-state index contributed by atoms with van der Waals surface area (Å²) in [7, 11) is 0.